The van der Waals surface area contributed by atoms with E-state index in [9.17, 15) is 4.79 Å². The highest BCUT2D eigenvalue weighted by molar-refractivity contribution is 7.13. The lowest BCUT2D eigenvalue weighted by atomic mass is 10.2. The molecule has 3 aromatic rings. The van der Waals surface area contributed by atoms with Crippen LogP contribution in [-0.4, -0.2) is 21.0 Å². The van der Waals surface area contributed by atoms with Crippen LogP contribution in [0.15, 0.2) is 40.4 Å². The Labute approximate surface area is 137 Å². The van der Waals surface area contributed by atoms with E-state index in [1.165, 1.54) is 0 Å². The average Bonchev–Trinajstić information content (AvgIpc) is 3.20. The third-order valence-corrected chi connectivity index (χ3v) is 4.05. The molecule has 0 aromatic carbocycles. The lowest BCUT2D eigenvalue weighted by Crippen LogP contribution is -2.12. The van der Waals surface area contributed by atoms with Gasteiger partial charge in [0.05, 0.1) is 4.88 Å². The van der Waals surface area contributed by atoms with Crippen LogP contribution in [0, 0.1) is 6.92 Å². The van der Waals surface area contributed by atoms with Gasteiger partial charge in [-0.05, 0) is 36.4 Å². The van der Waals surface area contributed by atoms with Crippen molar-refractivity contribution in [3.8, 4) is 10.7 Å². The molecule has 23 heavy (non-hydrogen) atoms. The van der Waals surface area contributed by atoms with Crippen LogP contribution in [0.3, 0.4) is 0 Å². The summed E-state index contributed by atoms with van der Waals surface area (Å²) in [6.45, 7) is 1.95. The van der Waals surface area contributed by atoms with E-state index in [2.05, 4.69) is 20.4 Å². The van der Waals surface area contributed by atoms with Gasteiger partial charge >= 0.3 is 0 Å². The molecule has 3 aromatic heterocycles. The Kier molecular flexibility index (Phi) is 4.77. The first kappa shape index (κ1) is 15.4. The molecule has 7 heteroatoms. The lowest BCUT2D eigenvalue weighted by Gasteiger charge is -2.03. The number of hydrogen-bond donors (Lipinski definition) is 1. The van der Waals surface area contributed by atoms with Crippen molar-refractivity contribution in [3.63, 3.8) is 0 Å². The summed E-state index contributed by atoms with van der Waals surface area (Å²) in [5, 5.41) is 8.68. The Balaban J connectivity index is 1.46. The number of rotatable bonds is 6. The molecule has 3 heterocycles. The normalized spacial score (nSPS) is 10.7. The van der Waals surface area contributed by atoms with Crippen molar-refractivity contribution < 1.29 is 9.32 Å². The molecule has 0 spiro atoms. The minimum Gasteiger partial charge on any atom is -0.339 e. The SMILES string of the molecule is Cc1ccc(NC(=O)CCCc2nc(-c3cccs3)no2)nc1. The van der Waals surface area contributed by atoms with Crippen molar-refractivity contribution in [3.05, 3.63) is 47.3 Å². The number of nitrogens with zero attached hydrogens (tertiary/aromatic N) is 3. The fraction of sp³-hybridized carbons (Fsp3) is 0.250. The van der Waals surface area contributed by atoms with E-state index >= 15 is 0 Å². The monoisotopic (exact) mass is 328 g/mol. The minimum atomic E-state index is -0.0700. The van der Waals surface area contributed by atoms with Gasteiger partial charge in [0.15, 0.2) is 0 Å². The molecule has 0 unspecified atom stereocenters. The zero-order chi connectivity index (χ0) is 16.1. The maximum Gasteiger partial charge on any atom is 0.226 e. The summed E-state index contributed by atoms with van der Waals surface area (Å²) in [5.74, 6) is 1.65. The molecule has 1 amide bonds. The molecule has 118 valence electrons. The number of nitrogens with one attached hydrogen (secondary N) is 1. The summed E-state index contributed by atoms with van der Waals surface area (Å²) >= 11 is 1.56. The standard InChI is InChI=1S/C16H16N4O2S/c1-11-7-8-13(17-10-11)18-14(21)5-2-6-15-19-16(20-22-15)12-4-3-9-23-12/h3-4,7-10H,2,5-6H2,1H3,(H,17,18,21). The fourth-order valence-corrected chi connectivity index (χ4v) is 2.66. The highest BCUT2D eigenvalue weighted by Crippen LogP contribution is 2.21. The molecule has 0 saturated carbocycles. The largest absolute Gasteiger partial charge is 0.339 e. The van der Waals surface area contributed by atoms with Crippen LogP contribution < -0.4 is 5.32 Å². The maximum atomic E-state index is 11.9. The molecule has 0 radical (unpaired) electrons. The smallest absolute Gasteiger partial charge is 0.226 e. The van der Waals surface area contributed by atoms with Crippen molar-refractivity contribution in [1.29, 1.82) is 0 Å². The van der Waals surface area contributed by atoms with Crippen LogP contribution in [0.4, 0.5) is 5.82 Å². The maximum absolute atomic E-state index is 11.9. The van der Waals surface area contributed by atoms with E-state index < -0.39 is 0 Å². The Bertz CT molecular complexity index is 766. The zero-order valence-electron chi connectivity index (χ0n) is 12.7. The molecule has 0 aliphatic heterocycles. The molecule has 0 atom stereocenters. The van der Waals surface area contributed by atoms with E-state index in [0.717, 1.165) is 10.4 Å². The molecule has 3 rings (SSSR count). The van der Waals surface area contributed by atoms with Crippen molar-refractivity contribution in [2.24, 2.45) is 0 Å². The summed E-state index contributed by atoms with van der Waals surface area (Å²) < 4.78 is 5.20. The van der Waals surface area contributed by atoms with Crippen LogP contribution in [-0.2, 0) is 11.2 Å². The highest BCUT2D eigenvalue weighted by atomic mass is 32.1. The number of amides is 1. The Morgan fingerprint density at radius 3 is 3.00 bits per heavy atom. The molecule has 0 bridgehead atoms. The predicted octanol–water partition coefficient (Wildman–Crippen LogP) is 3.46. The van der Waals surface area contributed by atoms with Crippen LogP contribution in [0.5, 0.6) is 0 Å². The van der Waals surface area contributed by atoms with Gasteiger partial charge in [-0.25, -0.2) is 4.98 Å². The van der Waals surface area contributed by atoms with Gasteiger partial charge in [0.2, 0.25) is 17.6 Å². The van der Waals surface area contributed by atoms with E-state index in [0.29, 0.717) is 36.8 Å². The van der Waals surface area contributed by atoms with Crippen LogP contribution in [0.2, 0.25) is 0 Å². The van der Waals surface area contributed by atoms with Crippen LogP contribution in [0.1, 0.15) is 24.3 Å². The molecule has 1 N–H and O–H groups in total. The first-order chi connectivity index (χ1) is 11.2. The topological polar surface area (TPSA) is 80.9 Å². The minimum absolute atomic E-state index is 0.0700. The number of carbonyl (C=O) groups excluding carboxylic acids is 1. The van der Waals surface area contributed by atoms with Crippen molar-refractivity contribution in [1.82, 2.24) is 15.1 Å². The second-order valence-corrected chi connectivity index (χ2v) is 6.06. The molecule has 0 aliphatic rings. The Morgan fingerprint density at radius 2 is 2.26 bits per heavy atom. The average molecular weight is 328 g/mol. The van der Waals surface area contributed by atoms with Crippen LogP contribution in [0.25, 0.3) is 10.7 Å². The van der Waals surface area contributed by atoms with E-state index in [1.54, 1.807) is 23.6 Å². The Hall–Kier alpha value is -2.54. The first-order valence-corrected chi connectivity index (χ1v) is 8.17. The molecule has 0 fully saturated rings. The number of hydrogen-bond acceptors (Lipinski definition) is 6. The number of aromatic nitrogens is 3. The summed E-state index contributed by atoms with van der Waals surface area (Å²) in [4.78, 5) is 21.3. The van der Waals surface area contributed by atoms with Crippen molar-refractivity contribution >= 4 is 23.1 Å². The Morgan fingerprint density at radius 1 is 1.35 bits per heavy atom. The van der Waals surface area contributed by atoms with Gasteiger partial charge in [-0.2, -0.15) is 4.98 Å². The third-order valence-electron chi connectivity index (χ3n) is 3.18. The van der Waals surface area contributed by atoms with E-state index in [4.69, 9.17) is 4.52 Å². The molecular weight excluding hydrogens is 312 g/mol. The highest BCUT2D eigenvalue weighted by Gasteiger charge is 2.10. The predicted molar refractivity (Wildman–Crippen MR) is 88.2 cm³/mol. The van der Waals surface area contributed by atoms with Crippen molar-refractivity contribution in [2.45, 2.75) is 26.2 Å². The van der Waals surface area contributed by atoms with Gasteiger partial charge in [0.25, 0.3) is 0 Å². The third kappa shape index (κ3) is 4.23. The second-order valence-electron chi connectivity index (χ2n) is 5.11. The summed E-state index contributed by atoms with van der Waals surface area (Å²) in [7, 11) is 0. The second kappa shape index (κ2) is 7.15. The van der Waals surface area contributed by atoms with E-state index in [1.807, 2.05) is 30.5 Å². The van der Waals surface area contributed by atoms with Gasteiger partial charge < -0.3 is 9.84 Å². The van der Waals surface area contributed by atoms with Gasteiger partial charge in [-0.3, -0.25) is 4.79 Å². The molecule has 6 nitrogen and oxygen atoms in total. The van der Waals surface area contributed by atoms with Gasteiger partial charge in [-0.1, -0.05) is 17.3 Å². The number of carbonyl (C=O) groups is 1. The summed E-state index contributed by atoms with van der Waals surface area (Å²) in [5.41, 5.74) is 1.06. The number of anilines is 1. The number of aryl methyl sites for hydroxylation is 2. The lowest BCUT2D eigenvalue weighted by molar-refractivity contribution is -0.116. The number of thiophene rings is 1. The van der Waals surface area contributed by atoms with E-state index in [-0.39, 0.29) is 5.91 Å². The van der Waals surface area contributed by atoms with Gasteiger partial charge in [0.1, 0.15) is 5.82 Å². The molecule has 0 aliphatic carbocycles. The quantitative estimate of drug-likeness (QED) is 0.749. The molecular formula is C16H16N4O2S. The molecule has 0 saturated heterocycles. The van der Waals surface area contributed by atoms with Crippen LogP contribution >= 0.6 is 11.3 Å². The fourth-order valence-electron chi connectivity index (χ4n) is 2.01. The first-order valence-electron chi connectivity index (χ1n) is 7.30. The summed E-state index contributed by atoms with van der Waals surface area (Å²) in [6.07, 6.45) is 3.32. The number of pyridine rings is 1. The summed E-state index contributed by atoms with van der Waals surface area (Å²) in [6, 6.07) is 7.59. The van der Waals surface area contributed by atoms with Gasteiger partial charge in [0, 0.05) is 19.0 Å². The zero-order valence-corrected chi connectivity index (χ0v) is 13.5. The van der Waals surface area contributed by atoms with Gasteiger partial charge in [-0.15, -0.1) is 11.3 Å². The van der Waals surface area contributed by atoms with Crippen molar-refractivity contribution in [2.75, 3.05) is 5.32 Å².